The number of carbonyl (C=O) groups excluding carboxylic acids is 1. The number of aromatic nitrogens is 4. The second-order valence-corrected chi connectivity index (χ2v) is 12.0. The number of para-hydroxylation sites is 1. The zero-order chi connectivity index (χ0) is 30.0. The fourth-order valence-corrected chi connectivity index (χ4v) is 6.38. The van der Waals surface area contributed by atoms with E-state index in [4.69, 9.17) is 9.97 Å². The Hall–Kier alpha value is -4.25. The molecule has 228 valence electrons. The van der Waals surface area contributed by atoms with E-state index in [-0.39, 0.29) is 23.3 Å². The highest BCUT2D eigenvalue weighted by molar-refractivity contribution is 5.94. The molecule has 5 heterocycles. The second kappa shape index (κ2) is 12.4. The van der Waals surface area contributed by atoms with Gasteiger partial charge in [0.1, 0.15) is 29.0 Å². The van der Waals surface area contributed by atoms with Crippen LogP contribution in [-0.4, -0.2) is 70.0 Å². The maximum absolute atomic E-state index is 14.3. The van der Waals surface area contributed by atoms with Crippen LogP contribution in [0.25, 0.3) is 22.3 Å². The summed E-state index contributed by atoms with van der Waals surface area (Å²) in [6, 6.07) is 7.18. The molecule has 3 aliphatic rings. The van der Waals surface area contributed by atoms with Gasteiger partial charge >= 0.3 is 0 Å². The molecule has 9 nitrogen and oxygen atoms in total. The number of nitrogens with zero attached hydrogens (tertiary/aromatic N) is 6. The van der Waals surface area contributed by atoms with Gasteiger partial charge in [0.25, 0.3) is 0 Å². The van der Waals surface area contributed by atoms with Gasteiger partial charge in [0.15, 0.2) is 5.82 Å². The second-order valence-electron chi connectivity index (χ2n) is 12.0. The molecule has 3 fully saturated rings. The Labute approximate surface area is 255 Å². The maximum Gasteiger partial charge on any atom is 0.223 e. The molecule has 0 atom stereocenters. The Kier molecular flexibility index (Phi) is 8.03. The van der Waals surface area contributed by atoms with Gasteiger partial charge in [0.05, 0.1) is 11.7 Å². The number of hydrogen-bond donors (Lipinski definition) is 2. The summed E-state index contributed by atoms with van der Waals surface area (Å²) in [4.78, 5) is 36.4. The van der Waals surface area contributed by atoms with Crippen LogP contribution in [0.2, 0.25) is 0 Å². The Bertz CT molecular complexity index is 1650. The number of amides is 1. The molecule has 1 aromatic carbocycles. The van der Waals surface area contributed by atoms with Gasteiger partial charge in [-0.2, -0.15) is 0 Å². The number of nitrogens with one attached hydrogen (secondary N) is 2. The molecule has 1 saturated carbocycles. The maximum atomic E-state index is 14.3. The van der Waals surface area contributed by atoms with Crippen molar-refractivity contribution < 1.29 is 13.6 Å². The summed E-state index contributed by atoms with van der Waals surface area (Å²) in [6.07, 6.45) is 11.5. The Morgan fingerprint density at radius 1 is 0.955 bits per heavy atom. The molecule has 0 unspecified atom stereocenters. The molecule has 2 aliphatic heterocycles. The highest BCUT2D eigenvalue weighted by atomic mass is 19.1. The SMILES string of the molecule is O=C(NCCN1CCCC1)C1CCN(c2nc(-c3ccnc(Nc4c(F)cccc4F)c3)nc3cncc(C4CC4)c23)CC1. The van der Waals surface area contributed by atoms with Gasteiger partial charge in [-0.1, -0.05) is 6.07 Å². The molecule has 1 aliphatic carbocycles. The van der Waals surface area contributed by atoms with Crippen LogP contribution < -0.4 is 15.5 Å². The fraction of sp³-hybridized carbons (Fsp3) is 0.424. The quantitative estimate of drug-likeness (QED) is 0.264. The third-order valence-electron chi connectivity index (χ3n) is 8.96. The number of piperidine rings is 1. The summed E-state index contributed by atoms with van der Waals surface area (Å²) < 4.78 is 28.6. The van der Waals surface area contributed by atoms with Crippen molar-refractivity contribution in [2.75, 3.05) is 49.5 Å². The van der Waals surface area contributed by atoms with Crippen molar-refractivity contribution in [2.24, 2.45) is 5.92 Å². The molecule has 1 amide bonds. The van der Waals surface area contributed by atoms with Gasteiger partial charge in [0.2, 0.25) is 5.91 Å². The minimum absolute atomic E-state index is 0.0189. The number of halogens is 2. The Balaban J connectivity index is 1.14. The predicted molar refractivity (Wildman–Crippen MR) is 166 cm³/mol. The van der Waals surface area contributed by atoms with Crippen LogP contribution >= 0.6 is 0 Å². The number of carbonyl (C=O) groups is 1. The van der Waals surface area contributed by atoms with E-state index in [0.717, 1.165) is 67.6 Å². The third-order valence-corrected chi connectivity index (χ3v) is 8.96. The number of hydrogen-bond acceptors (Lipinski definition) is 8. The molecule has 4 aromatic rings. The first-order chi connectivity index (χ1) is 21.5. The van der Waals surface area contributed by atoms with E-state index in [1.54, 1.807) is 24.5 Å². The standard InChI is InChI=1S/C33H36F2N8O/c34-25-4-3-5-26(35)30(25)40-28-18-23(8-11-37-28)31-39-27-20-36-19-24(21-6-7-21)29(27)32(41-31)43-15-9-22(10-16-43)33(44)38-12-17-42-13-1-2-14-42/h3-5,8,11,18-22H,1-2,6-7,9-10,12-17H2,(H,37,40)(H,38,44). The molecule has 0 spiro atoms. The summed E-state index contributed by atoms with van der Waals surface area (Å²) in [5.41, 5.74) is 2.31. The van der Waals surface area contributed by atoms with Gasteiger partial charge in [-0.3, -0.25) is 9.78 Å². The lowest BCUT2D eigenvalue weighted by molar-refractivity contribution is -0.125. The van der Waals surface area contributed by atoms with Crippen LogP contribution in [0.4, 0.5) is 26.1 Å². The molecule has 44 heavy (non-hydrogen) atoms. The molecule has 0 radical (unpaired) electrons. The summed E-state index contributed by atoms with van der Waals surface area (Å²) in [5, 5.41) is 6.94. The smallest absolute Gasteiger partial charge is 0.223 e. The molecule has 2 saturated heterocycles. The van der Waals surface area contributed by atoms with Crippen LogP contribution in [0.1, 0.15) is 50.0 Å². The van der Waals surface area contributed by atoms with E-state index in [9.17, 15) is 13.6 Å². The van der Waals surface area contributed by atoms with E-state index in [1.165, 1.54) is 31.0 Å². The van der Waals surface area contributed by atoms with Crippen molar-refractivity contribution in [1.82, 2.24) is 30.2 Å². The summed E-state index contributed by atoms with van der Waals surface area (Å²) in [7, 11) is 0. The lowest BCUT2D eigenvalue weighted by atomic mass is 9.95. The number of benzene rings is 1. The zero-order valence-corrected chi connectivity index (χ0v) is 24.6. The normalized spacial score (nSPS) is 17.7. The van der Waals surface area contributed by atoms with Crippen molar-refractivity contribution in [2.45, 2.75) is 44.4 Å². The molecular weight excluding hydrogens is 562 g/mol. The lowest BCUT2D eigenvalue weighted by Gasteiger charge is -2.33. The molecule has 7 rings (SSSR count). The van der Waals surface area contributed by atoms with Crippen LogP contribution in [0, 0.1) is 17.6 Å². The summed E-state index contributed by atoms with van der Waals surface area (Å²) in [6.45, 7) is 5.28. The van der Waals surface area contributed by atoms with Crippen molar-refractivity contribution >= 4 is 34.1 Å². The van der Waals surface area contributed by atoms with E-state index in [0.29, 0.717) is 36.9 Å². The third kappa shape index (κ3) is 6.06. The molecule has 11 heteroatoms. The topological polar surface area (TPSA) is 99.2 Å². The van der Waals surface area contributed by atoms with E-state index >= 15 is 0 Å². The Morgan fingerprint density at radius 2 is 1.73 bits per heavy atom. The average Bonchev–Trinajstić information content (AvgIpc) is 3.77. The van der Waals surface area contributed by atoms with E-state index < -0.39 is 11.6 Å². The minimum atomic E-state index is -0.705. The largest absolute Gasteiger partial charge is 0.356 e. The first-order valence-corrected chi connectivity index (χ1v) is 15.6. The van der Waals surface area contributed by atoms with Crippen LogP contribution in [0.15, 0.2) is 48.9 Å². The highest BCUT2D eigenvalue weighted by Gasteiger charge is 2.31. The van der Waals surface area contributed by atoms with Gasteiger partial charge in [-0.25, -0.2) is 23.7 Å². The molecule has 2 N–H and O–H groups in total. The predicted octanol–water partition coefficient (Wildman–Crippen LogP) is 5.41. The first-order valence-electron chi connectivity index (χ1n) is 15.6. The van der Waals surface area contributed by atoms with E-state index in [2.05, 4.69) is 30.4 Å². The molecule has 3 aromatic heterocycles. The van der Waals surface area contributed by atoms with Gasteiger partial charge in [-0.05, 0) is 87.4 Å². The van der Waals surface area contributed by atoms with Crippen LogP contribution in [0.3, 0.4) is 0 Å². The van der Waals surface area contributed by atoms with Gasteiger partial charge in [-0.15, -0.1) is 0 Å². The number of fused-ring (bicyclic) bond motifs is 1. The summed E-state index contributed by atoms with van der Waals surface area (Å²) >= 11 is 0. The monoisotopic (exact) mass is 598 g/mol. The lowest BCUT2D eigenvalue weighted by Crippen LogP contribution is -2.42. The molecule has 0 bridgehead atoms. The number of anilines is 3. The fourth-order valence-electron chi connectivity index (χ4n) is 6.38. The number of rotatable bonds is 9. The first kappa shape index (κ1) is 28.5. The van der Waals surface area contributed by atoms with E-state index in [1.807, 2.05) is 6.20 Å². The van der Waals surface area contributed by atoms with Crippen molar-refractivity contribution in [3.8, 4) is 11.4 Å². The number of likely N-dealkylation sites (tertiary alicyclic amines) is 1. The van der Waals surface area contributed by atoms with Crippen LogP contribution in [-0.2, 0) is 4.79 Å². The molecular formula is C33H36F2N8O. The van der Waals surface area contributed by atoms with Crippen LogP contribution in [0.5, 0.6) is 0 Å². The number of pyridine rings is 2. The average molecular weight is 599 g/mol. The van der Waals surface area contributed by atoms with Gasteiger partial charge < -0.3 is 20.4 Å². The Morgan fingerprint density at radius 3 is 2.48 bits per heavy atom. The van der Waals surface area contributed by atoms with Gasteiger partial charge in [0, 0.05) is 55.4 Å². The van der Waals surface area contributed by atoms with Crippen molar-refractivity contribution in [1.29, 1.82) is 0 Å². The van der Waals surface area contributed by atoms with Crippen molar-refractivity contribution in [3.05, 3.63) is 66.1 Å². The minimum Gasteiger partial charge on any atom is -0.356 e. The van der Waals surface area contributed by atoms with Crippen molar-refractivity contribution in [3.63, 3.8) is 0 Å². The summed E-state index contributed by atoms with van der Waals surface area (Å²) in [5.74, 6) is 0.756. The highest BCUT2D eigenvalue weighted by Crippen LogP contribution is 2.45. The zero-order valence-electron chi connectivity index (χ0n) is 24.6.